The Morgan fingerprint density at radius 3 is 2.60 bits per heavy atom. The second-order valence-corrected chi connectivity index (χ2v) is 6.62. The number of rotatable bonds is 6. The lowest BCUT2D eigenvalue weighted by Gasteiger charge is -2.09. The number of aryl methyl sites for hydroxylation is 1. The Balaban J connectivity index is 1.63. The van der Waals surface area contributed by atoms with Crippen LogP contribution in [-0.2, 0) is 4.79 Å². The third-order valence-corrected chi connectivity index (χ3v) is 4.57. The van der Waals surface area contributed by atoms with Crippen LogP contribution in [0.25, 0.3) is 16.9 Å². The molecule has 2 heterocycles. The zero-order valence-electron chi connectivity index (χ0n) is 16.1. The van der Waals surface area contributed by atoms with Crippen molar-refractivity contribution in [3.63, 3.8) is 0 Å². The summed E-state index contributed by atoms with van der Waals surface area (Å²) in [4.78, 5) is 27.9. The largest absolute Gasteiger partial charge is 0.477 e. The minimum atomic E-state index is -0.548. The number of amides is 1. The number of carbonyl (C=O) groups is 1. The number of anilines is 1. The predicted octanol–water partition coefficient (Wildman–Crippen LogP) is 4.24. The topological polar surface area (TPSA) is 98.8 Å². The van der Waals surface area contributed by atoms with Crippen LogP contribution in [0.1, 0.15) is 5.56 Å². The number of nitrogens with zero attached hydrogens (tertiary/aromatic N) is 3. The SMILES string of the molecule is Cc1cccn2c(NC(=O)COc3ccccc3[N+](=O)[O-])c(-c3ccccc3)nc12. The van der Waals surface area contributed by atoms with Crippen molar-refractivity contribution >= 4 is 23.1 Å². The van der Waals surface area contributed by atoms with Gasteiger partial charge in [-0.1, -0.05) is 48.5 Å². The van der Waals surface area contributed by atoms with Gasteiger partial charge in [-0.25, -0.2) is 4.98 Å². The number of benzene rings is 2. The van der Waals surface area contributed by atoms with E-state index in [9.17, 15) is 14.9 Å². The molecule has 0 aliphatic rings. The number of fused-ring (bicyclic) bond motifs is 1. The van der Waals surface area contributed by atoms with Crippen LogP contribution in [0.4, 0.5) is 11.5 Å². The van der Waals surface area contributed by atoms with E-state index in [2.05, 4.69) is 5.32 Å². The lowest BCUT2D eigenvalue weighted by atomic mass is 10.1. The fourth-order valence-corrected chi connectivity index (χ4v) is 3.16. The van der Waals surface area contributed by atoms with Crippen LogP contribution in [0.2, 0.25) is 0 Å². The first-order chi connectivity index (χ1) is 14.5. The lowest BCUT2D eigenvalue weighted by molar-refractivity contribution is -0.385. The van der Waals surface area contributed by atoms with Gasteiger partial charge in [-0.05, 0) is 24.6 Å². The van der Waals surface area contributed by atoms with Crippen molar-refractivity contribution in [3.05, 3.63) is 88.6 Å². The predicted molar refractivity (Wildman–Crippen MR) is 113 cm³/mol. The van der Waals surface area contributed by atoms with Crippen molar-refractivity contribution in [2.75, 3.05) is 11.9 Å². The summed E-state index contributed by atoms with van der Waals surface area (Å²) < 4.78 is 7.21. The molecule has 0 radical (unpaired) electrons. The van der Waals surface area contributed by atoms with Crippen LogP contribution in [0, 0.1) is 17.0 Å². The van der Waals surface area contributed by atoms with Crippen molar-refractivity contribution in [3.8, 4) is 17.0 Å². The molecule has 0 saturated heterocycles. The molecular weight excluding hydrogens is 384 g/mol. The van der Waals surface area contributed by atoms with E-state index in [4.69, 9.17) is 9.72 Å². The highest BCUT2D eigenvalue weighted by Crippen LogP contribution is 2.30. The quantitative estimate of drug-likeness (QED) is 0.384. The minimum absolute atomic E-state index is 0.0370. The number of carbonyl (C=O) groups excluding carboxylic acids is 1. The molecule has 8 heteroatoms. The Morgan fingerprint density at radius 1 is 1.10 bits per heavy atom. The van der Waals surface area contributed by atoms with Crippen molar-refractivity contribution in [2.45, 2.75) is 6.92 Å². The normalized spacial score (nSPS) is 10.7. The Hall–Kier alpha value is -4.20. The molecule has 0 unspecified atom stereocenters. The average molecular weight is 402 g/mol. The lowest BCUT2D eigenvalue weighted by Crippen LogP contribution is -2.21. The van der Waals surface area contributed by atoms with Gasteiger partial charge in [-0.15, -0.1) is 0 Å². The number of nitro groups is 1. The van der Waals surface area contributed by atoms with Crippen LogP contribution >= 0.6 is 0 Å². The molecule has 150 valence electrons. The number of nitro benzene ring substituents is 1. The Kier molecular flexibility index (Phi) is 5.13. The summed E-state index contributed by atoms with van der Waals surface area (Å²) in [5.41, 5.74) is 2.98. The molecule has 0 aliphatic heterocycles. The first-order valence-corrected chi connectivity index (χ1v) is 9.24. The van der Waals surface area contributed by atoms with E-state index >= 15 is 0 Å². The summed E-state index contributed by atoms with van der Waals surface area (Å²) in [6.45, 7) is 1.57. The third-order valence-electron chi connectivity index (χ3n) is 4.57. The van der Waals surface area contributed by atoms with E-state index in [1.165, 1.54) is 18.2 Å². The van der Waals surface area contributed by atoms with Crippen molar-refractivity contribution in [1.82, 2.24) is 9.38 Å². The number of ether oxygens (including phenoxy) is 1. The molecule has 0 saturated carbocycles. The van der Waals surface area contributed by atoms with E-state index in [0.29, 0.717) is 11.5 Å². The molecular formula is C22H18N4O4. The summed E-state index contributed by atoms with van der Waals surface area (Å²) in [5, 5.41) is 14.0. The molecule has 0 atom stereocenters. The number of aromatic nitrogens is 2. The second-order valence-electron chi connectivity index (χ2n) is 6.62. The van der Waals surface area contributed by atoms with E-state index in [1.807, 2.05) is 55.6 Å². The molecule has 4 rings (SSSR count). The van der Waals surface area contributed by atoms with Gasteiger partial charge in [0, 0.05) is 17.8 Å². The second kappa shape index (κ2) is 8.04. The standard InChI is InChI=1S/C22H18N4O4/c1-15-8-7-13-25-21(15)24-20(16-9-3-2-4-10-16)22(25)23-19(27)14-30-18-12-6-5-11-17(18)26(28)29/h2-13H,14H2,1H3,(H,23,27). The molecule has 2 aromatic carbocycles. The van der Waals surface area contributed by atoms with Crippen molar-refractivity contribution < 1.29 is 14.5 Å². The molecule has 0 fully saturated rings. The van der Waals surface area contributed by atoms with Crippen LogP contribution in [0.3, 0.4) is 0 Å². The highest BCUT2D eigenvalue weighted by Gasteiger charge is 2.19. The molecule has 0 bridgehead atoms. The highest BCUT2D eigenvalue weighted by atomic mass is 16.6. The smallest absolute Gasteiger partial charge is 0.310 e. The maximum atomic E-state index is 12.6. The maximum Gasteiger partial charge on any atom is 0.310 e. The molecule has 2 aromatic heterocycles. The molecule has 4 aromatic rings. The first-order valence-electron chi connectivity index (χ1n) is 9.24. The van der Waals surface area contributed by atoms with Crippen molar-refractivity contribution in [1.29, 1.82) is 0 Å². The molecule has 8 nitrogen and oxygen atoms in total. The van der Waals surface area contributed by atoms with Gasteiger partial charge in [0.05, 0.1) is 4.92 Å². The van der Waals surface area contributed by atoms with E-state index < -0.39 is 10.8 Å². The maximum absolute atomic E-state index is 12.6. The number of hydrogen-bond donors (Lipinski definition) is 1. The minimum Gasteiger partial charge on any atom is -0.477 e. The number of pyridine rings is 1. The summed E-state index contributed by atoms with van der Waals surface area (Å²) in [5.74, 6) is 0.0969. The average Bonchev–Trinajstić information content (AvgIpc) is 3.13. The summed E-state index contributed by atoms with van der Waals surface area (Å²) in [7, 11) is 0. The zero-order chi connectivity index (χ0) is 21.1. The van der Waals surface area contributed by atoms with Crippen molar-refractivity contribution in [2.24, 2.45) is 0 Å². The van der Waals surface area contributed by atoms with Crippen LogP contribution in [-0.4, -0.2) is 26.8 Å². The zero-order valence-corrected chi connectivity index (χ0v) is 16.1. The van der Waals surface area contributed by atoms with Crippen LogP contribution in [0.15, 0.2) is 72.9 Å². The molecule has 0 spiro atoms. The Labute approximate surface area is 171 Å². The molecule has 1 amide bonds. The van der Waals surface area contributed by atoms with Gasteiger partial charge in [0.2, 0.25) is 0 Å². The number of para-hydroxylation sites is 2. The van der Waals surface area contributed by atoms with E-state index in [1.54, 1.807) is 10.5 Å². The van der Waals surface area contributed by atoms with E-state index in [-0.39, 0.29) is 18.0 Å². The molecule has 30 heavy (non-hydrogen) atoms. The first kappa shape index (κ1) is 19.1. The number of hydrogen-bond acceptors (Lipinski definition) is 5. The van der Waals surface area contributed by atoms with Crippen LogP contribution in [0.5, 0.6) is 5.75 Å². The summed E-state index contributed by atoms with van der Waals surface area (Å²) in [6.07, 6.45) is 1.82. The van der Waals surface area contributed by atoms with Crippen LogP contribution < -0.4 is 10.1 Å². The highest BCUT2D eigenvalue weighted by molar-refractivity contribution is 5.95. The monoisotopic (exact) mass is 402 g/mol. The number of nitrogens with one attached hydrogen (secondary N) is 1. The number of imidazole rings is 1. The Bertz CT molecular complexity index is 1230. The van der Waals surface area contributed by atoms with Gasteiger partial charge in [0.15, 0.2) is 12.4 Å². The van der Waals surface area contributed by atoms with Gasteiger partial charge in [0.1, 0.15) is 17.2 Å². The molecule has 1 N–H and O–H groups in total. The fraction of sp³-hybridized carbons (Fsp3) is 0.0909. The van der Waals surface area contributed by atoms with Gasteiger partial charge in [-0.3, -0.25) is 19.3 Å². The van der Waals surface area contributed by atoms with Gasteiger partial charge >= 0.3 is 5.69 Å². The van der Waals surface area contributed by atoms with Gasteiger partial charge < -0.3 is 10.1 Å². The summed E-state index contributed by atoms with van der Waals surface area (Å²) >= 11 is 0. The molecule has 0 aliphatic carbocycles. The van der Waals surface area contributed by atoms with Gasteiger partial charge in [0.25, 0.3) is 5.91 Å². The fourth-order valence-electron chi connectivity index (χ4n) is 3.16. The third kappa shape index (κ3) is 3.70. The van der Waals surface area contributed by atoms with E-state index in [0.717, 1.165) is 16.8 Å². The Morgan fingerprint density at radius 2 is 1.83 bits per heavy atom. The summed E-state index contributed by atoms with van der Waals surface area (Å²) in [6, 6.07) is 19.3. The van der Waals surface area contributed by atoms with Gasteiger partial charge in [-0.2, -0.15) is 0 Å².